The monoisotopic (exact) mass is 222 g/mol. The molecule has 0 saturated heterocycles. The Morgan fingerprint density at radius 2 is 1.75 bits per heavy atom. The first kappa shape index (κ1) is 5.88. The Kier molecular flexibility index (Phi) is 2.14. The van der Waals surface area contributed by atoms with Crippen LogP contribution in [-0.2, 0) is 3.07 Å². The Hall–Kier alpha value is -0.250. The van der Waals surface area contributed by atoms with Gasteiger partial charge >= 0.3 is 0 Å². The average molecular weight is 222 g/mol. The SMILES string of the molecule is [18O]=Ic1ccccc1. The predicted molar refractivity (Wildman–Crippen MR) is 39.8 cm³/mol. The van der Waals surface area contributed by atoms with Gasteiger partial charge in [0.1, 0.15) is 0 Å². The van der Waals surface area contributed by atoms with Crippen molar-refractivity contribution in [3.8, 4) is 0 Å². The molecule has 1 nitrogen and oxygen atoms in total. The quantitative estimate of drug-likeness (QED) is 0.525. The molecule has 0 fully saturated rings. The standard InChI is InChI=1S/C6H5IO/c8-7-6-4-2-1-3-5-6/h1-5H/i8+2. The van der Waals surface area contributed by atoms with Gasteiger partial charge in [0.05, 0.1) is 0 Å². The molecule has 0 bridgehead atoms. The fourth-order valence-corrected chi connectivity index (χ4v) is 1.17. The second kappa shape index (κ2) is 2.91. The van der Waals surface area contributed by atoms with Gasteiger partial charge in [0.15, 0.2) is 21.2 Å². The summed E-state index contributed by atoms with van der Waals surface area (Å²) in [5.41, 5.74) is 0. The van der Waals surface area contributed by atoms with Crippen LogP contribution >= 0.6 is 21.2 Å². The second-order valence-electron chi connectivity index (χ2n) is 1.37. The summed E-state index contributed by atoms with van der Waals surface area (Å²) in [7, 11) is 0. The molecule has 1 rings (SSSR count). The summed E-state index contributed by atoms with van der Waals surface area (Å²) in [5.74, 6) is 0. The molecular weight excluding hydrogens is 217 g/mol. The van der Waals surface area contributed by atoms with Crippen molar-refractivity contribution >= 4 is 21.2 Å². The fourth-order valence-electron chi connectivity index (χ4n) is 0.466. The lowest BCUT2D eigenvalue weighted by Gasteiger charge is -1.80. The number of hydrogen-bond donors (Lipinski definition) is 0. The third-order valence-electron chi connectivity index (χ3n) is 0.822. The Labute approximate surface area is 58.4 Å². The first-order valence-electron chi connectivity index (χ1n) is 2.25. The minimum absolute atomic E-state index is 0.941. The molecule has 1 aromatic rings. The highest BCUT2D eigenvalue weighted by molar-refractivity contribution is 14.1. The van der Waals surface area contributed by atoms with Crippen molar-refractivity contribution in [2.45, 2.75) is 0 Å². The van der Waals surface area contributed by atoms with Crippen molar-refractivity contribution < 1.29 is 3.07 Å². The molecule has 0 heterocycles. The molecule has 0 unspecified atom stereocenters. The van der Waals surface area contributed by atoms with Crippen molar-refractivity contribution in [2.24, 2.45) is 0 Å². The minimum atomic E-state index is -0.941. The molecule has 0 atom stereocenters. The van der Waals surface area contributed by atoms with E-state index in [0.717, 1.165) is 3.57 Å². The molecule has 0 aliphatic carbocycles. The number of hydrogen-bond acceptors (Lipinski definition) is 1. The van der Waals surface area contributed by atoms with Crippen LogP contribution in [0.4, 0.5) is 0 Å². The topological polar surface area (TPSA) is 17.1 Å². The maximum absolute atomic E-state index is 10.2. The molecule has 42 valence electrons. The van der Waals surface area contributed by atoms with E-state index in [4.69, 9.17) is 0 Å². The second-order valence-corrected chi connectivity index (χ2v) is 3.06. The van der Waals surface area contributed by atoms with Gasteiger partial charge in [-0.25, -0.2) is 0 Å². The average Bonchev–Trinajstić information content (AvgIpc) is 1.90. The van der Waals surface area contributed by atoms with Crippen LogP contribution in [0.15, 0.2) is 30.3 Å². The van der Waals surface area contributed by atoms with Crippen LogP contribution < -0.4 is 0 Å². The van der Waals surface area contributed by atoms with Crippen molar-refractivity contribution in [1.82, 2.24) is 0 Å². The van der Waals surface area contributed by atoms with Crippen molar-refractivity contribution in [3.63, 3.8) is 0 Å². The van der Waals surface area contributed by atoms with E-state index in [1.165, 1.54) is 0 Å². The van der Waals surface area contributed by atoms with Crippen LogP contribution in [0, 0.1) is 3.57 Å². The van der Waals surface area contributed by atoms with Gasteiger partial charge in [-0.2, -0.15) is 0 Å². The molecule has 0 N–H and O–H groups in total. The number of benzene rings is 1. The van der Waals surface area contributed by atoms with Gasteiger partial charge in [0.2, 0.25) is 0 Å². The Bertz CT molecular complexity index is 171. The molecule has 0 aromatic heterocycles. The Balaban J connectivity index is 2.99. The van der Waals surface area contributed by atoms with Gasteiger partial charge in [-0.3, -0.25) is 3.07 Å². The van der Waals surface area contributed by atoms with E-state index >= 15 is 0 Å². The van der Waals surface area contributed by atoms with Gasteiger partial charge in [0.25, 0.3) is 0 Å². The van der Waals surface area contributed by atoms with Crippen molar-refractivity contribution in [1.29, 1.82) is 0 Å². The van der Waals surface area contributed by atoms with Crippen molar-refractivity contribution in [3.05, 3.63) is 33.9 Å². The van der Waals surface area contributed by atoms with Gasteiger partial charge in [0, 0.05) is 3.57 Å². The molecule has 0 aliphatic heterocycles. The third-order valence-corrected chi connectivity index (χ3v) is 2.05. The lowest BCUT2D eigenvalue weighted by atomic mass is 10.4. The van der Waals surface area contributed by atoms with Crippen LogP contribution in [0.25, 0.3) is 0 Å². The summed E-state index contributed by atoms with van der Waals surface area (Å²) >= 11 is -0.941. The molecule has 0 amide bonds. The number of halogens is 1. The molecule has 8 heavy (non-hydrogen) atoms. The zero-order valence-electron chi connectivity index (χ0n) is 4.17. The van der Waals surface area contributed by atoms with Crippen LogP contribution in [0.2, 0.25) is 0 Å². The Morgan fingerprint density at radius 3 is 2.12 bits per heavy atom. The van der Waals surface area contributed by atoms with Crippen LogP contribution in [0.5, 0.6) is 0 Å². The highest BCUT2D eigenvalue weighted by atomic mass is 127. The highest BCUT2D eigenvalue weighted by Crippen LogP contribution is 2.06. The first-order chi connectivity index (χ1) is 3.93. The third kappa shape index (κ3) is 1.36. The molecule has 0 radical (unpaired) electrons. The van der Waals surface area contributed by atoms with Gasteiger partial charge in [-0.15, -0.1) is 0 Å². The summed E-state index contributed by atoms with van der Waals surface area (Å²) in [6, 6.07) is 9.46. The molecule has 0 aliphatic rings. The summed E-state index contributed by atoms with van der Waals surface area (Å²) in [5, 5.41) is 0. The molecular formula is C6H5IO. The molecule has 0 saturated carbocycles. The fraction of sp³-hybridized carbons (Fsp3) is 0. The van der Waals surface area contributed by atoms with E-state index in [0.29, 0.717) is 0 Å². The molecule has 1 aromatic carbocycles. The maximum Gasteiger partial charge on any atom is 0.182 e. The smallest absolute Gasteiger partial charge is 0.182 e. The van der Waals surface area contributed by atoms with E-state index < -0.39 is 21.2 Å². The van der Waals surface area contributed by atoms with E-state index in [2.05, 4.69) is 0 Å². The van der Waals surface area contributed by atoms with Crippen molar-refractivity contribution in [2.75, 3.05) is 0 Å². The van der Waals surface area contributed by atoms with E-state index in [9.17, 15) is 3.07 Å². The summed E-state index contributed by atoms with van der Waals surface area (Å²) in [6.07, 6.45) is 0. The minimum Gasteiger partial charge on any atom is -0.265 e. The summed E-state index contributed by atoms with van der Waals surface area (Å²) < 4.78 is 11.2. The zero-order valence-corrected chi connectivity index (χ0v) is 6.33. The van der Waals surface area contributed by atoms with Gasteiger partial charge in [-0.05, 0) is 12.1 Å². The maximum atomic E-state index is 10.2. The predicted octanol–water partition coefficient (Wildman–Crippen LogP) is 2.17. The van der Waals surface area contributed by atoms with Gasteiger partial charge in [-0.1, -0.05) is 18.2 Å². The largest absolute Gasteiger partial charge is 0.265 e. The van der Waals surface area contributed by atoms with Crippen LogP contribution in [0.3, 0.4) is 0 Å². The molecule has 0 spiro atoms. The summed E-state index contributed by atoms with van der Waals surface area (Å²) in [6.45, 7) is 0. The van der Waals surface area contributed by atoms with Crippen LogP contribution in [-0.4, -0.2) is 0 Å². The lowest BCUT2D eigenvalue weighted by molar-refractivity contribution is 0.648. The summed E-state index contributed by atoms with van der Waals surface area (Å²) in [4.78, 5) is 0. The van der Waals surface area contributed by atoms with E-state index in [1.54, 1.807) is 0 Å². The lowest BCUT2D eigenvalue weighted by Crippen LogP contribution is -1.63. The Morgan fingerprint density at radius 1 is 1.12 bits per heavy atom. The highest BCUT2D eigenvalue weighted by Gasteiger charge is 1.81. The van der Waals surface area contributed by atoms with E-state index in [-0.39, 0.29) is 0 Å². The zero-order chi connectivity index (χ0) is 5.82. The van der Waals surface area contributed by atoms with Gasteiger partial charge < -0.3 is 0 Å². The molecule has 2 heteroatoms. The normalized spacial score (nSPS) is 9.00. The first-order valence-corrected chi connectivity index (χ1v) is 4.21. The van der Waals surface area contributed by atoms with Crippen LogP contribution in [0.1, 0.15) is 0 Å². The number of rotatable bonds is 1. The van der Waals surface area contributed by atoms with E-state index in [1.807, 2.05) is 30.3 Å².